The number of benzene rings is 1. The molecule has 12 heteroatoms. The second-order valence-corrected chi connectivity index (χ2v) is 10.5. The summed E-state index contributed by atoms with van der Waals surface area (Å²) in [7, 11) is -3.83. The maximum atomic E-state index is 12.9. The molecule has 0 spiro atoms. The zero-order chi connectivity index (χ0) is 22.7. The third-order valence-corrected chi connectivity index (χ3v) is 7.34. The monoisotopic (exact) mass is 494 g/mol. The van der Waals surface area contributed by atoms with Gasteiger partial charge in [0.05, 0.1) is 29.5 Å². The SMILES string of the molecule is CC(C)Nc1ncc(-c2cc(-c3ccccc3Cl)nc(NS(=O)(=O)N3CCOCC3)n2)s1. The fourth-order valence-electron chi connectivity index (χ4n) is 3.10. The Kier molecular flexibility index (Phi) is 6.91. The second-order valence-electron chi connectivity index (χ2n) is 7.39. The summed E-state index contributed by atoms with van der Waals surface area (Å²) in [6, 6.07) is 9.26. The number of nitrogens with zero attached hydrogens (tertiary/aromatic N) is 4. The van der Waals surface area contributed by atoms with Crippen molar-refractivity contribution >= 4 is 44.2 Å². The Bertz CT molecular complexity index is 1200. The van der Waals surface area contributed by atoms with Crippen molar-refractivity contribution in [2.45, 2.75) is 19.9 Å². The molecule has 3 heterocycles. The molecule has 1 fully saturated rings. The van der Waals surface area contributed by atoms with E-state index in [0.29, 0.717) is 35.2 Å². The highest BCUT2D eigenvalue weighted by atomic mass is 35.5. The third kappa shape index (κ3) is 5.36. The minimum absolute atomic E-state index is 0.0318. The predicted molar refractivity (Wildman–Crippen MR) is 127 cm³/mol. The Morgan fingerprint density at radius 2 is 1.88 bits per heavy atom. The Morgan fingerprint density at radius 3 is 2.59 bits per heavy atom. The van der Waals surface area contributed by atoms with Crippen molar-refractivity contribution in [1.29, 1.82) is 0 Å². The van der Waals surface area contributed by atoms with Crippen molar-refractivity contribution in [3.8, 4) is 21.8 Å². The summed E-state index contributed by atoms with van der Waals surface area (Å²) in [6.45, 7) is 5.29. The van der Waals surface area contributed by atoms with Crippen LogP contribution in [-0.4, -0.2) is 60.0 Å². The number of rotatable bonds is 7. The molecule has 0 saturated carbocycles. The van der Waals surface area contributed by atoms with E-state index in [0.717, 1.165) is 10.0 Å². The quantitative estimate of drug-likeness (QED) is 0.515. The smallest absolute Gasteiger partial charge is 0.304 e. The largest absolute Gasteiger partial charge is 0.379 e. The van der Waals surface area contributed by atoms with Gasteiger partial charge in [0.2, 0.25) is 5.95 Å². The maximum Gasteiger partial charge on any atom is 0.304 e. The first kappa shape index (κ1) is 22.9. The van der Waals surface area contributed by atoms with Gasteiger partial charge in [-0.3, -0.25) is 0 Å². The molecule has 0 unspecified atom stereocenters. The summed E-state index contributed by atoms with van der Waals surface area (Å²) in [5, 5.41) is 4.52. The van der Waals surface area contributed by atoms with Crippen LogP contribution in [0, 0.1) is 0 Å². The number of thiazole rings is 1. The van der Waals surface area contributed by atoms with Gasteiger partial charge in [-0.25, -0.2) is 19.7 Å². The molecular weight excluding hydrogens is 472 g/mol. The van der Waals surface area contributed by atoms with Crippen molar-refractivity contribution in [1.82, 2.24) is 19.3 Å². The van der Waals surface area contributed by atoms with Crippen molar-refractivity contribution in [2.24, 2.45) is 0 Å². The van der Waals surface area contributed by atoms with Gasteiger partial charge in [-0.1, -0.05) is 41.1 Å². The predicted octanol–water partition coefficient (Wildman–Crippen LogP) is 3.73. The van der Waals surface area contributed by atoms with Gasteiger partial charge in [-0.05, 0) is 26.0 Å². The van der Waals surface area contributed by atoms with Gasteiger partial charge in [0.15, 0.2) is 5.13 Å². The number of hydrogen-bond acceptors (Lipinski definition) is 8. The van der Waals surface area contributed by atoms with E-state index in [1.54, 1.807) is 18.3 Å². The number of anilines is 2. The normalized spacial score (nSPS) is 15.1. The summed E-state index contributed by atoms with van der Waals surface area (Å²) in [6.07, 6.45) is 1.70. The molecule has 3 aromatic rings. The van der Waals surface area contributed by atoms with Crippen LogP contribution in [0.1, 0.15) is 13.8 Å². The topological polar surface area (TPSA) is 109 Å². The van der Waals surface area contributed by atoms with Crippen LogP contribution in [0.25, 0.3) is 21.8 Å². The lowest BCUT2D eigenvalue weighted by Crippen LogP contribution is -2.43. The van der Waals surface area contributed by atoms with E-state index in [-0.39, 0.29) is 25.1 Å². The maximum absolute atomic E-state index is 12.9. The molecule has 32 heavy (non-hydrogen) atoms. The standard InChI is InChI=1S/C20H23ClN6O3S2/c1-13(2)23-20-22-12-18(31-20)17-11-16(14-5-3-4-6-15(14)21)24-19(25-17)26-32(28,29)27-7-9-30-10-8-27/h3-6,11-13H,7-10H2,1-2H3,(H,22,23)(H,24,25,26). The van der Waals surface area contributed by atoms with Crippen LogP contribution < -0.4 is 10.0 Å². The van der Waals surface area contributed by atoms with Crippen molar-refractivity contribution in [2.75, 3.05) is 36.3 Å². The molecule has 1 saturated heterocycles. The van der Waals surface area contributed by atoms with E-state index in [4.69, 9.17) is 16.3 Å². The van der Waals surface area contributed by atoms with Gasteiger partial charge in [0.25, 0.3) is 0 Å². The number of hydrogen-bond donors (Lipinski definition) is 2. The van der Waals surface area contributed by atoms with Crippen molar-refractivity contribution in [3.63, 3.8) is 0 Å². The third-order valence-electron chi connectivity index (χ3n) is 4.58. The number of ether oxygens (including phenoxy) is 1. The van der Waals surface area contributed by atoms with Gasteiger partial charge < -0.3 is 10.1 Å². The molecule has 1 aliphatic rings. The van der Waals surface area contributed by atoms with Gasteiger partial charge in [-0.2, -0.15) is 12.7 Å². The molecular formula is C20H23ClN6O3S2. The fourth-order valence-corrected chi connectivity index (χ4v) is 5.34. The lowest BCUT2D eigenvalue weighted by Gasteiger charge is -2.26. The van der Waals surface area contributed by atoms with E-state index in [1.165, 1.54) is 15.6 Å². The first-order valence-electron chi connectivity index (χ1n) is 10.0. The Balaban J connectivity index is 1.74. The lowest BCUT2D eigenvalue weighted by atomic mass is 10.1. The van der Waals surface area contributed by atoms with E-state index >= 15 is 0 Å². The number of nitrogens with one attached hydrogen (secondary N) is 2. The van der Waals surface area contributed by atoms with E-state index < -0.39 is 10.2 Å². The molecule has 4 rings (SSSR count). The minimum Gasteiger partial charge on any atom is -0.379 e. The average Bonchev–Trinajstić information content (AvgIpc) is 3.22. The van der Waals surface area contributed by atoms with Crippen LogP contribution in [0.4, 0.5) is 11.1 Å². The molecule has 170 valence electrons. The second kappa shape index (κ2) is 9.67. The van der Waals surface area contributed by atoms with E-state index in [2.05, 4.69) is 25.0 Å². The highest BCUT2D eigenvalue weighted by Gasteiger charge is 2.26. The Hall–Kier alpha value is -2.31. The molecule has 0 bridgehead atoms. The van der Waals surface area contributed by atoms with E-state index in [9.17, 15) is 8.42 Å². The lowest BCUT2D eigenvalue weighted by molar-refractivity contribution is 0.0733. The van der Waals surface area contributed by atoms with Gasteiger partial charge in [0, 0.05) is 35.9 Å². The average molecular weight is 495 g/mol. The Labute approximate surface area is 196 Å². The molecule has 0 atom stereocenters. The highest BCUT2D eigenvalue weighted by molar-refractivity contribution is 7.90. The molecule has 2 N–H and O–H groups in total. The summed E-state index contributed by atoms with van der Waals surface area (Å²) >= 11 is 7.81. The van der Waals surface area contributed by atoms with Crippen LogP contribution >= 0.6 is 22.9 Å². The zero-order valence-electron chi connectivity index (χ0n) is 17.6. The van der Waals surface area contributed by atoms with Crippen molar-refractivity contribution < 1.29 is 13.2 Å². The first-order chi connectivity index (χ1) is 15.3. The first-order valence-corrected chi connectivity index (χ1v) is 12.7. The van der Waals surface area contributed by atoms with Crippen LogP contribution in [-0.2, 0) is 14.9 Å². The molecule has 0 aliphatic carbocycles. The Morgan fingerprint density at radius 1 is 1.16 bits per heavy atom. The van der Waals surface area contributed by atoms with Gasteiger partial charge in [0.1, 0.15) is 0 Å². The summed E-state index contributed by atoms with van der Waals surface area (Å²) < 4.78 is 34.8. The highest BCUT2D eigenvalue weighted by Crippen LogP contribution is 2.33. The molecule has 2 aromatic heterocycles. The van der Waals surface area contributed by atoms with Crippen LogP contribution in [0.5, 0.6) is 0 Å². The molecule has 0 radical (unpaired) electrons. The van der Waals surface area contributed by atoms with Crippen LogP contribution in [0.2, 0.25) is 5.02 Å². The molecule has 1 aliphatic heterocycles. The number of aromatic nitrogens is 3. The molecule has 1 aromatic carbocycles. The molecule has 9 nitrogen and oxygen atoms in total. The molecule has 0 amide bonds. The number of morpholine rings is 1. The van der Waals surface area contributed by atoms with Gasteiger partial charge in [-0.15, -0.1) is 0 Å². The fraction of sp³-hybridized carbons (Fsp3) is 0.350. The minimum atomic E-state index is -3.83. The summed E-state index contributed by atoms with van der Waals surface area (Å²) in [5.74, 6) is -0.0318. The summed E-state index contributed by atoms with van der Waals surface area (Å²) in [5.41, 5.74) is 1.73. The zero-order valence-corrected chi connectivity index (χ0v) is 20.0. The summed E-state index contributed by atoms with van der Waals surface area (Å²) in [4.78, 5) is 14.1. The van der Waals surface area contributed by atoms with Gasteiger partial charge >= 0.3 is 10.2 Å². The van der Waals surface area contributed by atoms with E-state index in [1.807, 2.05) is 32.0 Å². The van der Waals surface area contributed by atoms with Crippen molar-refractivity contribution in [3.05, 3.63) is 41.6 Å². The van der Waals surface area contributed by atoms with Crippen LogP contribution in [0.15, 0.2) is 36.5 Å². The number of halogens is 1. The van der Waals surface area contributed by atoms with Crippen LogP contribution in [0.3, 0.4) is 0 Å².